The number of aromatic nitrogens is 4. The van der Waals surface area contributed by atoms with Gasteiger partial charge in [-0.05, 0) is 163 Å². The van der Waals surface area contributed by atoms with Crippen LogP contribution in [0, 0.1) is 24.5 Å². The summed E-state index contributed by atoms with van der Waals surface area (Å²) in [5.74, 6) is -7.24. The van der Waals surface area contributed by atoms with Crippen molar-refractivity contribution >= 4 is 35.3 Å². The quantitative estimate of drug-likeness (QED) is 0.0295. The van der Waals surface area contributed by atoms with Crippen molar-refractivity contribution in [3.05, 3.63) is 233 Å². The third-order valence-corrected chi connectivity index (χ3v) is 15.9. The van der Waals surface area contributed by atoms with E-state index in [0.717, 1.165) is 92.9 Å². The summed E-state index contributed by atoms with van der Waals surface area (Å²) in [6.45, 7) is -27.5. The molecular weight excluding hydrogens is 1280 g/mol. The van der Waals surface area contributed by atoms with Crippen LogP contribution in [0.5, 0.6) is 0 Å². The van der Waals surface area contributed by atoms with Crippen LogP contribution in [0.4, 0.5) is 35.1 Å². The van der Waals surface area contributed by atoms with Crippen molar-refractivity contribution in [3.63, 3.8) is 0 Å². The van der Waals surface area contributed by atoms with Gasteiger partial charge in [-0.25, -0.2) is 8.78 Å². The topological polar surface area (TPSA) is 117 Å². The van der Waals surface area contributed by atoms with E-state index >= 15 is 0 Å². The molecule has 96 heavy (non-hydrogen) atoms. The van der Waals surface area contributed by atoms with E-state index < -0.39 is 252 Å². The molecule has 508 valence electrons. The van der Waals surface area contributed by atoms with Gasteiger partial charge in [0.05, 0.1) is 26.2 Å². The zero-order valence-corrected chi connectivity index (χ0v) is 53.4. The summed E-state index contributed by atoms with van der Waals surface area (Å²) >= 11 is 0.410. The van der Waals surface area contributed by atoms with Crippen molar-refractivity contribution in [1.29, 1.82) is 0 Å². The van der Waals surface area contributed by atoms with E-state index in [1.807, 2.05) is 0 Å². The number of likely N-dealkylation sites (N-methyl/N-ethyl adjacent to an activating group) is 2. The Balaban J connectivity index is 0.000000289. The maximum atomic E-state index is 14.9. The normalized spacial score (nSPS) is 21.8. The highest BCUT2D eigenvalue weighted by Gasteiger charge is 2.34. The number of nitrogens with zero attached hydrogens (tertiary/aromatic N) is 8. The first kappa shape index (κ1) is 40.7. The molecule has 6 aromatic carbocycles. The van der Waals surface area contributed by atoms with Crippen molar-refractivity contribution in [2.24, 2.45) is 5.89 Å². The third-order valence-electron chi connectivity index (χ3n) is 14.2. The van der Waals surface area contributed by atoms with Gasteiger partial charge in [0, 0.05) is 102 Å². The fraction of sp³-hybridized carbons (Fsp3) is 0.378. The Hall–Kier alpha value is -7.92. The maximum Gasteiger partial charge on any atom is 0.416 e. The summed E-state index contributed by atoms with van der Waals surface area (Å²) in [4.78, 5) is 64.4. The van der Waals surface area contributed by atoms with Crippen LogP contribution in [0.25, 0.3) is 22.3 Å². The lowest BCUT2D eigenvalue weighted by molar-refractivity contribution is -0.138. The molecule has 2 aromatic heterocycles. The Morgan fingerprint density at radius 2 is 1.03 bits per heavy atom. The van der Waals surface area contributed by atoms with Crippen LogP contribution in [0.2, 0.25) is 0 Å². The molecule has 1 atom stereocenters. The molecule has 0 spiro atoms. The van der Waals surface area contributed by atoms with Crippen molar-refractivity contribution < 1.29 is 88.6 Å². The molecule has 10 rings (SSSR count). The molecule has 0 N–H and O–H groups in total. The molecule has 2 aliphatic carbocycles. The van der Waals surface area contributed by atoms with Crippen molar-refractivity contribution in [2.75, 3.05) is 52.0 Å². The molecule has 0 saturated carbocycles. The SMILES string of the molecule is [2H]C([2H])(Sc1nc(=O)c2c(n1CC(=O)N(Cc1ccc(-c3ccc(C(F)(F)F)cc3)cc1)C([2H])([2H])C([2H])([2H])N(C([2H])([2H])C)C([2H])([2H])C)C([2H])([2H])C([2H])(C)C2([2H])[2H])c1ccc(F)cc1.[2H]c1c([2H])c(-c2c([2H])c([2H])c(C(F)(F)F)c(C)c2[2H])c([2H])c([2H])c1CN(C(=O)Cn1c(SC([2H])([2H])c2ccc(F)cc2)nc(=O)c2c1CCC2)C([2H])([2H])C([2H])([2H])N(C([2H])([2H])C)C([2H])([2H])C. The lowest BCUT2D eigenvalue weighted by Gasteiger charge is -2.28. The first-order valence-corrected chi connectivity index (χ1v) is 30.5. The minimum atomic E-state index is -5.20. The van der Waals surface area contributed by atoms with Crippen LogP contribution < -0.4 is 11.1 Å². The van der Waals surface area contributed by atoms with Gasteiger partial charge in [0.15, 0.2) is 10.3 Å². The number of hydrogen-bond donors (Lipinski definition) is 0. The van der Waals surface area contributed by atoms with E-state index in [4.69, 9.17) is 38.4 Å². The number of thioether (sulfide) groups is 2. The molecule has 0 bridgehead atoms. The number of halogens is 8. The average Bonchev–Trinajstić information content (AvgIpc) is 1.52. The number of fused-ring (bicyclic) bond motifs is 2. The van der Waals surface area contributed by atoms with E-state index in [-0.39, 0.29) is 72.2 Å². The predicted molar refractivity (Wildman–Crippen MR) is 362 cm³/mol. The van der Waals surface area contributed by atoms with Gasteiger partial charge in [0.2, 0.25) is 11.8 Å². The number of carbonyl (C=O) groups is 2. The second-order valence-corrected chi connectivity index (χ2v) is 22.3. The van der Waals surface area contributed by atoms with E-state index in [0.29, 0.717) is 47.7 Å². The molecule has 8 aromatic rings. The standard InChI is InChI=1S/2C37H40F4N4O2S/c1-4-43(5-2)18-19-44(22-26-6-10-28(11-7-26)29-12-14-30(15-13-29)37(39,40)41)34(46)23-45-33-21-25(3)20-32(33)35(47)42-36(45)48-24-27-8-16-31(38)17-9-27;1-4-43(5-2)19-20-44(22-26-9-13-28(14-10-26)29-15-18-32(25(3)21-29)37(39,40)41)34(46)23-45-33-8-6-7-31(33)35(47)42-36(45)48-24-27-11-16-30(38)17-12-27/h6-17,25H,4-5,18-24H2,1-3H3;9-18,21H,4-8,19-20,22-24H2,1-3H3/i4D2,5D2,18D2,19D2,20D2,21D2,24D2,25D;4D2,5D2,9D,10D,13D,14D,15D,18D,19D2,20D2,21D,24D2. The molecule has 0 aliphatic heterocycles. The molecule has 0 saturated heterocycles. The molecule has 22 heteroatoms. The van der Waals surface area contributed by atoms with Crippen LogP contribution in [0.3, 0.4) is 0 Å². The Kier molecular flexibility index (Phi) is 13.9. The summed E-state index contributed by atoms with van der Waals surface area (Å²) in [5.41, 5.74) is -14.8. The van der Waals surface area contributed by atoms with E-state index in [1.165, 1.54) is 36.4 Å². The van der Waals surface area contributed by atoms with Crippen molar-refractivity contribution in [1.82, 2.24) is 38.7 Å². The van der Waals surface area contributed by atoms with Gasteiger partial charge in [0.1, 0.15) is 24.7 Å². The van der Waals surface area contributed by atoms with Gasteiger partial charge in [-0.3, -0.25) is 19.2 Å². The Bertz CT molecular complexity index is 5650. The Morgan fingerprint density at radius 3 is 1.52 bits per heavy atom. The van der Waals surface area contributed by atoms with Crippen LogP contribution in [0.15, 0.2) is 159 Å². The lowest BCUT2D eigenvalue weighted by Crippen LogP contribution is -2.40. The van der Waals surface area contributed by atoms with Crippen molar-refractivity contribution in [3.8, 4) is 22.3 Å². The Morgan fingerprint density at radius 1 is 0.573 bits per heavy atom. The van der Waals surface area contributed by atoms with Crippen LogP contribution >= 0.6 is 23.5 Å². The van der Waals surface area contributed by atoms with Gasteiger partial charge in [-0.2, -0.15) is 36.3 Å². The smallest absolute Gasteiger partial charge is 0.336 e. The zero-order chi connectivity index (χ0) is 97.4. The zero-order valence-electron chi connectivity index (χ0n) is 83.7. The predicted octanol–water partition coefficient (Wildman–Crippen LogP) is 15.0. The molecule has 0 fully saturated rings. The Labute approximate surface area is 608 Å². The average molecular weight is 1390 g/mol. The fourth-order valence-corrected chi connectivity index (χ4v) is 10.9. The van der Waals surface area contributed by atoms with Crippen molar-refractivity contribution in [2.45, 2.75) is 134 Å². The van der Waals surface area contributed by atoms with Crippen LogP contribution in [0.1, 0.15) is 146 Å². The number of hydrogen-bond acceptors (Lipinski definition) is 10. The molecule has 1 unspecified atom stereocenters. The first-order chi connectivity index (χ1) is 57.9. The highest BCUT2D eigenvalue weighted by molar-refractivity contribution is 7.98. The monoisotopic (exact) mass is 1390 g/mol. The second kappa shape index (κ2) is 32.9. The molecular formula is C74H80F8N8O4S2. The first-order valence-electron chi connectivity index (χ1n) is 44.8. The summed E-state index contributed by atoms with van der Waals surface area (Å²) in [7, 11) is 0. The van der Waals surface area contributed by atoms with Gasteiger partial charge in [0.25, 0.3) is 11.1 Å². The summed E-state index contributed by atoms with van der Waals surface area (Å²) in [6, 6.07) is 9.36. The van der Waals surface area contributed by atoms with Gasteiger partial charge in [-0.15, -0.1) is 0 Å². The number of carbonyl (C=O) groups excluding carboxylic acids is 2. The summed E-state index contributed by atoms with van der Waals surface area (Å²) < 4.78 is 389. The van der Waals surface area contributed by atoms with Gasteiger partial charge >= 0.3 is 12.4 Å². The molecule has 12 nitrogen and oxygen atoms in total. The lowest BCUT2D eigenvalue weighted by atomic mass is 9.98. The fourth-order valence-electron chi connectivity index (χ4n) is 9.41. The van der Waals surface area contributed by atoms with Crippen LogP contribution in [-0.2, 0) is 85.1 Å². The highest BCUT2D eigenvalue weighted by Crippen LogP contribution is 2.36. The highest BCUT2D eigenvalue weighted by atomic mass is 32.2. The van der Waals surface area contributed by atoms with E-state index in [1.54, 1.807) is 0 Å². The minimum absolute atomic E-state index is 0.0279. The van der Waals surface area contributed by atoms with Crippen LogP contribution in [-0.4, -0.2) is 102 Å². The number of amides is 2. The molecule has 2 aliphatic rings. The van der Waals surface area contributed by atoms with E-state index in [2.05, 4.69) is 9.97 Å². The third kappa shape index (κ3) is 19.0. The summed E-state index contributed by atoms with van der Waals surface area (Å²) in [6.07, 6.45) is -15.5. The minimum Gasteiger partial charge on any atom is -0.336 e. The molecule has 2 heterocycles. The molecule has 2 amide bonds. The molecule has 0 radical (unpaired) electrons. The largest absolute Gasteiger partial charge is 0.416 e. The number of benzene rings is 6. The summed E-state index contributed by atoms with van der Waals surface area (Å²) in [5, 5.41) is -1.25. The van der Waals surface area contributed by atoms with Gasteiger partial charge in [-0.1, -0.05) is 155 Å². The van der Waals surface area contributed by atoms with Gasteiger partial charge < -0.3 is 28.7 Å². The second-order valence-electron chi connectivity index (χ2n) is 20.7. The maximum absolute atomic E-state index is 14.9. The number of rotatable bonds is 26. The van der Waals surface area contributed by atoms with E-state index in [9.17, 15) is 59.8 Å². The number of alkyl halides is 6.